The fraction of sp³-hybridized carbons (Fsp3) is 0.222. The van der Waals surface area contributed by atoms with Crippen LogP contribution in [0.1, 0.15) is 30.0 Å². The first kappa shape index (κ1) is 18.7. The van der Waals surface area contributed by atoms with Gasteiger partial charge in [0.05, 0.1) is 17.9 Å². The van der Waals surface area contributed by atoms with Crippen LogP contribution in [0.4, 0.5) is 5.69 Å². The third kappa shape index (κ3) is 4.95. The second kappa shape index (κ2) is 8.48. The van der Waals surface area contributed by atoms with E-state index in [0.29, 0.717) is 11.3 Å². The van der Waals surface area contributed by atoms with E-state index in [4.69, 9.17) is 14.4 Å². The normalized spacial score (nSPS) is 12.3. The highest BCUT2D eigenvalue weighted by Crippen LogP contribution is 2.11. The molecule has 0 saturated heterocycles. The molecule has 1 aromatic heterocycles. The minimum atomic E-state index is -1.09. The summed E-state index contributed by atoms with van der Waals surface area (Å²) in [6, 6.07) is 10.3. The monoisotopic (exact) mass is 355 g/mol. The van der Waals surface area contributed by atoms with E-state index in [1.54, 1.807) is 24.3 Å². The van der Waals surface area contributed by atoms with Crippen LogP contribution < -0.4 is 10.6 Å². The van der Waals surface area contributed by atoms with Gasteiger partial charge in [0.1, 0.15) is 6.04 Å². The highest BCUT2D eigenvalue weighted by Gasteiger charge is 2.24. The number of amides is 2. The highest BCUT2D eigenvalue weighted by atomic mass is 16.5. The highest BCUT2D eigenvalue weighted by molar-refractivity contribution is 5.97. The van der Waals surface area contributed by atoms with Gasteiger partial charge in [-0.3, -0.25) is 9.59 Å². The Kier molecular flexibility index (Phi) is 6.11. The fourth-order valence-electron chi connectivity index (χ4n) is 1.97. The van der Waals surface area contributed by atoms with Crippen LogP contribution in [0.5, 0.6) is 0 Å². The number of ether oxygens (including phenoxy) is 1. The molecule has 0 radical (unpaired) electrons. The number of hydrogen-bond acceptors (Lipinski definition) is 6. The van der Waals surface area contributed by atoms with Crippen molar-refractivity contribution in [3.05, 3.63) is 54.0 Å². The molecule has 134 valence electrons. The molecular formula is C18H17N3O5. The Morgan fingerprint density at radius 3 is 2.62 bits per heavy atom. The van der Waals surface area contributed by atoms with Gasteiger partial charge in [0.2, 0.25) is 0 Å². The van der Waals surface area contributed by atoms with Crippen molar-refractivity contribution < 1.29 is 23.5 Å². The molecule has 0 aliphatic rings. The lowest BCUT2D eigenvalue weighted by atomic mass is 10.2. The van der Waals surface area contributed by atoms with Gasteiger partial charge in [-0.05, 0) is 44.2 Å². The second-order valence-corrected chi connectivity index (χ2v) is 5.43. The number of anilines is 1. The summed E-state index contributed by atoms with van der Waals surface area (Å²) < 4.78 is 9.99. The topological polar surface area (TPSA) is 121 Å². The molecule has 2 rings (SSSR count). The molecule has 0 aliphatic carbocycles. The first-order valence-electron chi connectivity index (χ1n) is 7.76. The van der Waals surface area contributed by atoms with Gasteiger partial charge in [-0.2, -0.15) is 5.26 Å². The molecule has 0 aliphatic heterocycles. The number of nitrogens with zero attached hydrogens (tertiary/aromatic N) is 1. The van der Waals surface area contributed by atoms with Crippen LogP contribution in [-0.2, 0) is 14.3 Å². The van der Waals surface area contributed by atoms with Gasteiger partial charge in [0.15, 0.2) is 11.9 Å². The lowest BCUT2D eigenvalue weighted by Gasteiger charge is -2.17. The van der Waals surface area contributed by atoms with Gasteiger partial charge in [-0.25, -0.2) is 4.79 Å². The van der Waals surface area contributed by atoms with Crippen molar-refractivity contribution in [2.75, 3.05) is 5.32 Å². The van der Waals surface area contributed by atoms with Crippen LogP contribution in [0.3, 0.4) is 0 Å². The van der Waals surface area contributed by atoms with Crippen LogP contribution in [0, 0.1) is 11.3 Å². The summed E-state index contributed by atoms with van der Waals surface area (Å²) in [6.07, 6.45) is 0.252. The van der Waals surface area contributed by atoms with Crippen LogP contribution in [-0.4, -0.2) is 29.9 Å². The van der Waals surface area contributed by atoms with Crippen LogP contribution in [0.15, 0.2) is 47.1 Å². The van der Waals surface area contributed by atoms with Crippen molar-refractivity contribution in [1.29, 1.82) is 5.26 Å². The third-order valence-electron chi connectivity index (χ3n) is 3.37. The molecule has 0 spiro atoms. The zero-order valence-corrected chi connectivity index (χ0v) is 14.2. The second-order valence-electron chi connectivity index (χ2n) is 5.43. The molecule has 1 heterocycles. The number of carbonyl (C=O) groups is 3. The maximum Gasteiger partial charge on any atom is 0.329 e. The molecule has 2 aromatic rings. The minimum Gasteiger partial charge on any atom is -0.459 e. The zero-order valence-electron chi connectivity index (χ0n) is 14.2. The summed E-state index contributed by atoms with van der Waals surface area (Å²) in [6.45, 7) is 2.84. The van der Waals surface area contributed by atoms with Crippen molar-refractivity contribution in [2.45, 2.75) is 26.0 Å². The Bertz CT molecular complexity index is 839. The van der Waals surface area contributed by atoms with E-state index in [1.165, 1.54) is 32.2 Å². The Labute approximate surface area is 149 Å². The number of carbonyl (C=O) groups excluding carboxylic acids is 3. The zero-order chi connectivity index (χ0) is 19.1. The largest absolute Gasteiger partial charge is 0.459 e. The Balaban J connectivity index is 1.88. The Hall–Kier alpha value is -3.60. The summed E-state index contributed by atoms with van der Waals surface area (Å²) in [4.78, 5) is 36.0. The summed E-state index contributed by atoms with van der Waals surface area (Å²) in [7, 11) is 0. The number of benzene rings is 1. The molecule has 2 atom stereocenters. The maximum atomic E-state index is 12.1. The molecule has 2 amide bonds. The van der Waals surface area contributed by atoms with E-state index in [0.717, 1.165) is 0 Å². The molecule has 1 aromatic carbocycles. The smallest absolute Gasteiger partial charge is 0.329 e. The van der Waals surface area contributed by atoms with Crippen molar-refractivity contribution in [3.63, 3.8) is 0 Å². The van der Waals surface area contributed by atoms with Crippen molar-refractivity contribution in [1.82, 2.24) is 5.32 Å². The lowest BCUT2D eigenvalue weighted by molar-refractivity contribution is -0.154. The average Bonchev–Trinajstić information content (AvgIpc) is 3.16. The standard InChI is InChI=1S/C18H17N3O5/c1-11(20-17(23)15-7-4-8-25-15)18(24)26-12(2)16(22)21-14-6-3-5-13(9-14)10-19/h3-9,11-12H,1-2H3,(H,20,23)(H,21,22)/t11-,12+/m0/s1. The lowest BCUT2D eigenvalue weighted by Crippen LogP contribution is -2.42. The van der Waals surface area contributed by atoms with E-state index in [1.807, 2.05) is 6.07 Å². The summed E-state index contributed by atoms with van der Waals surface area (Å²) in [5.74, 6) is -1.82. The van der Waals surface area contributed by atoms with Crippen LogP contribution in [0.2, 0.25) is 0 Å². The molecule has 0 bridgehead atoms. The number of esters is 1. The van der Waals surface area contributed by atoms with Crippen LogP contribution >= 0.6 is 0 Å². The molecule has 0 saturated carbocycles. The van der Waals surface area contributed by atoms with Crippen molar-refractivity contribution in [2.24, 2.45) is 0 Å². The molecule has 0 fully saturated rings. The van der Waals surface area contributed by atoms with E-state index in [-0.39, 0.29) is 5.76 Å². The fourth-order valence-corrected chi connectivity index (χ4v) is 1.97. The van der Waals surface area contributed by atoms with Gasteiger partial charge in [-0.1, -0.05) is 6.07 Å². The SMILES string of the molecule is C[C@H](NC(=O)c1ccco1)C(=O)O[C@H](C)C(=O)Nc1cccc(C#N)c1. The average molecular weight is 355 g/mol. The molecule has 8 nitrogen and oxygen atoms in total. The van der Waals surface area contributed by atoms with E-state index in [9.17, 15) is 14.4 Å². The van der Waals surface area contributed by atoms with Crippen molar-refractivity contribution in [3.8, 4) is 6.07 Å². The van der Waals surface area contributed by atoms with Gasteiger partial charge < -0.3 is 19.8 Å². The maximum absolute atomic E-state index is 12.1. The number of furan rings is 1. The third-order valence-corrected chi connectivity index (χ3v) is 3.37. The first-order valence-corrected chi connectivity index (χ1v) is 7.76. The quantitative estimate of drug-likeness (QED) is 0.763. The Morgan fingerprint density at radius 1 is 1.19 bits per heavy atom. The number of nitriles is 1. The number of hydrogen-bond donors (Lipinski definition) is 2. The van der Waals surface area contributed by atoms with E-state index in [2.05, 4.69) is 10.6 Å². The predicted octanol–water partition coefficient (Wildman–Crippen LogP) is 1.84. The molecule has 8 heteroatoms. The predicted molar refractivity (Wildman–Crippen MR) is 91.0 cm³/mol. The Morgan fingerprint density at radius 2 is 1.96 bits per heavy atom. The van der Waals surface area contributed by atoms with Crippen LogP contribution in [0.25, 0.3) is 0 Å². The summed E-state index contributed by atoms with van der Waals surface area (Å²) >= 11 is 0. The summed E-state index contributed by atoms with van der Waals surface area (Å²) in [5, 5.41) is 13.8. The molecule has 2 N–H and O–H groups in total. The van der Waals surface area contributed by atoms with Gasteiger partial charge in [0.25, 0.3) is 11.8 Å². The van der Waals surface area contributed by atoms with Gasteiger partial charge >= 0.3 is 5.97 Å². The minimum absolute atomic E-state index is 0.0628. The van der Waals surface area contributed by atoms with Gasteiger partial charge in [-0.15, -0.1) is 0 Å². The summed E-state index contributed by atoms with van der Waals surface area (Å²) in [5.41, 5.74) is 0.804. The molecule has 26 heavy (non-hydrogen) atoms. The first-order chi connectivity index (χ1) is 12.4. The van der Waals surface area contributed by atoms with E-state index < -0.39 is 29.9 Å². The number of nitrogens with one attached hydrogen (secondary N) is 2. The van der Waals surface area contributed by atoms with Gasteiger partial charge in [0, 0.05) is 5.69 Å². The molecular weight excluding hydrogens is 338 g/mol. The van der Waals surface area contributed by atoms with E-state index >= 15 is 0 Å². The number of rotatable bonds is 6. The van der Waals surface area contributed by atoms with Crippen molar-refractivity contribution >= 4 is 23.5 Å². The molecule has 0 unspecified atom stereocenters.